The summed E-state index contributed by atoms with van der Waals surface area (Å²) in [5.41, 5.74) is 0.515. The van der Waals surface area contributed by atoms with Gasteiger partial charge in [0.25, 0.3) is 0 Å². The van der Waals surface area contributed by atoms with E-state index in [9.17, 15) is 9.59 Å². The van der Waals surface area contributed by atoms with Crippen LogP contribution in [0.25, 0.3) is 0 Å². The van der Waals surface area contributed by atoms with Crippen LogP contribution in [-0.4, -0.2) is 48.7 Å². The molecule has 124 valence electrons. The standard InChI is InChI=1S/C18H23NO4/c1-3-22-18(21)16-14-10-9-13(19(14)2)11-15(16)23-17(20)12-7-5-4-6-8-12/h4-8,13-16H,3,9-11H2,1-2H3/t13-,14+,15-,16-/m0/s1. The lowest BCUT2D eigenvalue weighted by Crippen LogP contribution is -2.53. The number of hydrogen-bond acceptors (Lipinski definition) is 5. The van der Waals surface area contributed by atoms with E-state index in [0.29, 0.717) is 24.6 Å². The fourth-order valence-corrected chi connectivity index (χ4v) is 3.87. The number of piperidine rings is 1. The zero-order chi connectivity index (χ0) is 16.4. The van der Waals surface area contributed by atoms with Gasteiger partial charge in [-0.25, -0.2) is 4.79 Å². The van der Waals surface area contributed by atoms with Crippen LogP contribution < -0.4 is 0 Å². The van der Waals surface area contributed by atoms with Gasteiger partial charge in [-0.1, -0.05) is 18.2 Å². The smallest absolute Gasteiger partial charge is 0.338 e. The fraction of sp³-hybridized carbons (Fsp3) is 0.556. The molecule has 0 aliphatic carbocycles. The average molecular weight is 317 g/mol. The van der Waals surface area contributed by atoms with E-state index in [0.717, 1.165) is 12.8 Å². The first-order valence-electron chi connectivity index (χ1n) is 8.26. The zero-order valence-electron chi connectivity index (χ0n) is 13.6. The summed E-state index contributed by atoms with van der Waals surface area (Å²) in [6.45, 7) is 2.14. The highest BCUT2D eigenvalue weighted by atomic mass is 16.6. The number of rotatable bonds is 4. The minimum Gasteiger partial charge on any atom is -0.466 e. The molecule has 0 radical (unpaired) electrons. The summed E-state index contributed by atoms with van der Waals surface area (Å²) < 4.78 is 11.0. The molecule has 1 aromatic rings. The van der Waals surface area contributed by atoms with Gasteiger partial charge in [0.2, 0.25) is 0 Å². The maximum atomic E-state index is 12.4. The molecule has 1 aromatic carbocycles. The molecule has 2 saturated heterocycles. The minimum absolute atomic E-state index is 0.0985. The summed E-state index contributed by atoms with van der Waals surface area (Å²) in [6, 6.07) is 9.39. The second kappa shape index (κ2) is 6.71. The average Bonchev–Trinajstić information content (AvgIpc) is 2.80. The molecule has 2 fully saturated rings. The van der Waals surface area contributed by atoms with Crippen LogP contribution in [0.5, 0.6) is 0 Å². The van der Waals surface area contributed by atoms with E-state index >= 15 is 0 Å². The molecule has 2 aliphatic rings. The molecular weight excluding hydrogens is 294 g/mol. The van der Waals surface area contributed by atoms with Gasteiger partial charge in [0.05, 0.1) is 12.2 Å². The van der Waals surface area contributed by atoms with Crippen molar-refractivity contribution in [2.75, 3.05) is 13.7 Å². The lowest BCUT2D eigenvalue weighted by atomic mass is 9.87. The Balaban J connectivity index is 1.78. The van der Waals surface area contributed by atoms with Crippen LogP contribution in [0.4, 0.5) is 0 Å². The van der Waals surface area contributed by atoms with Crippen LogP contribution in [0.3, 0.4) is 0 Å². The topological polar surface area (TPSA) is 55.8 Å². The number of carbonyl (C=O) groups excluding carboxylic acids is 2. The van der Waals surface area contributed by atoms with Crippen molar-refractivity contribution in [3.05, 3.63) is 35.9 Å². The Labute approximate surface area is 136 Å². The lowest BCUT2D eigenvalue weighted by molar-refractivity contribution is -0.158. The van der Waals surface area contributed by atoms with Gasteiger partial charge in [0, 0.05) is 18.5 Å². The van der Waals surface area contributed by atoms with Gasteiger partial charge in [-0.2, -0.15) is 0 Å². The third-order valence-electron chi connectivity index (χ3n) is 5.04. The van der Waals surface area contributed by atoms with Gasteiger partial charge in [-0.3, -0.25) is 9.69 Å². The number of esters is 2. The van der Waals surface area contributed by atoms with E-state index in [-0.39, 0.29) is 18.0 Å². The Morgan fingerprint density at radius 2 is 1.96 bits per heavy atom. The molecule has 2 bridgehead atoms. The molecule has 5 nitrogen and oxygen atoms in total. The first-order chi connectivity index (χ1) is 11.1. The first kappa shape index (κ1) is 16.0. The van der Waals surface area contributed by atoms with Crippen molar-refractivity contribution in [2.24, 2.45) is 5.92 Å². The SMILES string of the molecule is CCOC(=O)[C@@H]1[C@@H](OC(=O)c2ccccc2)C[C@@H]2CC[C@H]1N2C. The van der Waals surface area contributed by atoms with Gasteiger partial charge in [0.15, 0.2) is 0 Å². The van der Waals surface area contributed by atoms with E-state index in [2.05, 4.69) is 4.90 Å². The molecule has 2 heterocycles. The van der Waals surface area contributed by atoms with Gasteiger partial charge >= 0.3 is 11.9 Å². The van der Waals surface area contributed by atoms with Gasteiger partial charge in [0.1, 0.15) is 12.0 Å². The van der Waals surface area contributed by atoms with Crippen molar-refractivity contribution in [2.45, 2.75) is 44.4 Å². The Hall–Kier alpha value is -1.88. The van der Waals surface area contributed by atoms with E-state index < -0.39 is 12.0 Å². The summed E-state index contributed by atoms with van der Waals surface area (Å²) in [5.74, 6) is -1.02. The molecule has 0 saturated carbocycles. The highest BCUT2D eigenvalue weighted by molar-refractivity contribution is 5.89. The van der Waals surface area contributed by atoms with E-state index in [4.69, 9.17) is 9.47 Å². The number of nitrogens with zero attached hydrogens (tertiary/aromatic N) is 1. The van der Waals surface area contributed by atoms with Crippen molar-refractivity contribution < 1.29 is 19.1 Å². The molecule has 2 aliphatic heterocycles. The summed E-state index contributed by atoms with van der Waals surface area (Å²) in [5, 5.41) is 0. The van der Waals surface area contributed by atoms with E-state index in [1.165, 1.54) is 0 Å². The normalized spacial score (nSPS) is 30.0. The molecule has 0 spiro atoms. The maximum absolute atomic E-state index is 12.4. The molecule has 3 rings (SSSR count). The number of hydrogen-bond donors (Lipinski definition) is 0. The number of fused-ring (bicyclic) bond motifs is 2. The molecule has 0 unspecified atom stereocenters. The zero-order valence-corrected chi connectivity index (χ0v) is 13.6. The van der Waals surface area contributed by atoms with E-state index in [1.807, 2.05) is 13.1 Å². The molecule has 0 aromatic heterocycles. The van der Waals surface area contributed by atoms with Crippen molar-refractivity contribution in [3.63, 3.8) is 0 Å². The van der Waals surface area contributed by atoms with Crippen LogP contribution in [0.15, 0.2) is 30.3 Å². The van der Waals surface area contributed by atoms with Crippen LogP contribution >= 0.6 is 0 Å². The number of benzene rings is 1. The van der Waals surface area contributed by atoms with Crippen LogP contribution in [0.1, 0.15) is 36.5 Å². The predicted molar refractivity (Wildman–Crippen MR) is 85.0 cm³/mol. The van der Waals surface area contributed by atoms with Crippen molar-refractivity contribution in [1.82, 2.24) is 4.90 Å². The Kier molecular flexibility index (Phi) is 4.66. The van der Waals surface area contributed by atoms with Gasteiger partial charge in [-0.05, 0) is 38.9 Å². The van der Waals surface area contributed by atoms with Gasteiger partial charge in [-0.15, -0.1) is 0 Å². The second-order valence-electron chi connectivity index (χ2n) is 6.29. The quantitative estimate of drug-likeness (QED) is 0.797. The predicted octanol–water partition coefficient (Wildman–Crippen LogP) is 2.26. The fourth-order valence-electron chi connectivity index (χ4n) is 3.87. The Bertz CT molecular complexity index is 574. The molecule has 23 heavy (non-hydrogen) atoms. The number of carbonyl (C=O) groups is 2. The molecule has 4 atom stereocenters. The van der Waals surface area contributed by atoms with Crippen LogP contribution in [0, 0.1) is 5.92 Å². The van der Waals surface area contributed by atoms with Crippen molar-refractivity contribution >= 4 is 11.9 Å². The molecular formula is C18H23NO4. The summed E-state index contributed by atoms with van der Waals surface area (Å²) in [4.78, 5) is 27.0. The monoisotopic (exact) mass is 317 g/mol. The van der Waals surface area contributed by atoms with Crippen LogP contribution in [0.2, 0.25) is 0 Å². The maximum Gasteiger partial charge on any atom is 0.338 e. The van der Waals surface area contributed by atoms with E-state index in [1.54, 1.807) is 31.2 Å². The molecule has 0 N–H and O–H groups in total. The Morgan fingerprint density at radius 3 is 2.65 bits per heavy atom. The largest absolute Gasteiger partial charge is 0.466 e. The minimum atomic E-state index is -0.407. The highest BCUT2D eigenvalue weighted by Crippen LogP contribution is 2.40. The summed E-state index contributed by atoms with van der Waals surface area (Å²) >= 11 is 0. The van der Waals surface area contributed by atoms with Crippen LogP contribution in [-0.2, 0) is 14.3 Å². The van der Waals surface area contributed by atoms with Crippen molar-refractivity contribution in [3.8, 4) is 0 Å². The number of ether oxygens (including phenoxy) is 2. The first-order valence-corrected chi connectivity index (χ1v) is 8.26. The molecule has 0 amide bonds. The second-order valence-corrected chi connectivity index (χ2v) is 6.29. The summed E-state index contributed by atoms with van der Waals surface area (Å²) in [6.07, 6.45) is 2.27. The Morgan fingerprint density at radius 1 is 1.22 bits per heavy atom. The third-order valence-corrected chi connectivity index (χ3v) is 5.04. The lowest BCUT2D eigenvalue weighted by Gasteiger charge is -2.40. The highest BCUT2D eigenvalue weighted by Gasteiger charge is 2.51. The summed E-state index contributed by atoms with van der Waals surface area (Å²) in [7, 11) is 2.05. The third kappa shape index (κ3) is 3.11. The molecule has 5 heteroatoms. The van der Waals surface area contributed by atoms with Crippen molar-refractivity contribution in [1.29, 1.82) is 0 Å². The van der Waals surface area contributed by atoms with Gasteiger partial charge < -0.3 is 9.47 Å².